The Balaban J connectivity index is 1.74. The molecule has 0 aromatic heterocycles. The first-order chi connectivity index (χ1) is 15.0. The lowest BCUT2D eigenvalue weighted by atomic mass is 9.84. The van der Waals surface area contributed by atoms with Gasteiger partial charge in [0.05, 0.1) is 5.70 Å². The summed E-state index contributed by atoms with van der Waals surface area (Å²) in [7, 11) is 0. The van der Waals surface area contributed by atoms with Gasteiger partial charge in [-0.25, -0.2) is 0 Å². The quantitative estimate of drug-likeness (QED) is 0.548. The average Bonchev–Trinajstić information content (AvgIpc) is 3.01. The molecule has 2 aromatic rings. The zero-order valence-electron chi connectivity index (χ0n) is 17.1. The monoisotopic (exact) mass is 502 g/mol. The molecule has 170 valence electrons. The number of benzene rings is 2. The minimum atomic E-state index is -4.80. The SMILES string of the molecule is CC1=C(c2ccc(C(=O)NC3CSC3)c(C)c2)NOC1(c1cc(Cl)cc(Cl)c1)C(F)(F)F. The Morgan fingerprint density at radius 1 is 1.16 bits per heavy atom. The van der Waals surface area contributed by atoms with E-state index in [1.807, 2.05) is 0 Å². The summed E-state index contributed by atoms with van der Waals surface area (Å²) in [6.45, 7) is 3.09. The van der Waals surface area contributed by atoms with Crippen LogP contribution in [-0.4, -0.2) is 29.6 Å². The molecule has 0 saturated carbocycles. The molecule has 0 aliphatic carbocycles. The van der Waals surface area contributed by atoms with Gasteiger partial charge in [0.15, 0.2) is 0 Å². The summed E-state index contributed by atoms with van der Waals surface area (Å²) < 4.78 is 43.1. The summed E-state index contributed by atoms with van der Waals surface area (Å²) in [5.74, 6) is 1.56. The Kier molecular flexibility index (Phi) is 6.17. The molecule has 1 unspecified atom stereocenters. The first-order valence-electron chi connectivity index (χ1n) is 9.71. The van der Waals surface area contributed by atoms with Gasteiger partial charge >= 0.3 is 6.18 Å². The van der Waals surface area contributed by atoms with E-state index in [4.69, 9.17) is 28.0 Å². The number of hydroxylamine groups is 1. The fourth-order valence-electron chi connectivity index (χ4n) is 3.85. The third-order valence-corrected chi connectivity index (χ3v) is 7.32. The number of rotatable bonds is 4. The molecule has 4 rings (SSSR count). The smallest absolute Gasteiger partial charge is 0.348 e. The Bertz CT molecular complexity index is 1100. The summed E-state index contributed by atoms with van der Waals surface area (Å²) >= 11 is 13.7. The van der Waals surface area contributed by atoms with Crippen molar-refractivity contribution in [2.75, 3.05) is 11.5 Å². The van der Waals surface area contributed by atoms with Gasteiger partial charge in [-0.3, -0.25) is 15.1 Å². The second-order valence-electron chi connectivity index (χ2n) is 7.78. The second-order valence-corrected chi connectivity index (χ2v) is 9.73. The summed E-state index contributed by atoms with van der Waals surface area (Å²) in [5, 5.41) is 3.08. The standard InChI is InChI=1S/C22H19Cl2F3N2O2S/c1-11-5-13(3-4-18(11)20(30)28-17-9-32-10-17)19-12(2)21(31-29-19,22(25,26)27)14-6-15(23)8-16(24)7-14/h3-8,17,29H,9-10H2,1-2H3,(H,28,30). The van der Waals surface area contributed by atoms with Gasteiger partial charge in [-0.15, -0.1) is 0 Å². The molecular weight excluding hydrogens is 484 g/mol. The Hall–Kier alpha value is -1.87. The van der Waals surface area contributed by atoms with E-state index < -0.39 is 11.8 Å². The zero-order valence-corrected chi connectivity index (χ0v) is 19.4. The molecule has 0 spiro atoms. The maximum absolute atomic E-state index is 14.4. The molecule has 2 aliphatic rings. The van der Waals surface area contributed by atoms with E-state index in [2.05, 4.69) is 10.8 Å². The van der Waals surface area contributed by atoms with Crippen molar-refractivity contribution < 1.29 is 22.8 Å². The molecule has 0 bridgehead atoms. The number of hydrogen-bond donors (Lipinski definition) is 2. The number of halogens is 5. The predicted octanol–water partition coefficient (Wildman–Crippen LogP) is 5.87. The number of thioether (sulfide) groups is 1. The van der Waals surface area contributed by atoms with Gasteiger partial charge in [-0.1, -0.05) is 29.3 Å². The van der Waals surface area contributed by atoms with E-state index in [-0.39, 0.29) is 38.8 Å². The van der Waals surface area contributed by atoms with Gasteiger partial charge in [0.1, 0.15) is 0 Å². The van der Waals surface area contributed by atoms with Crippen molar-refractivity contribution in [3.05, 3.63) is 74.3 Å². The Morgan fingerprint density at radius 2 is 1.81 bits per heavy atom. The number of carbonyl (C=O) groups excluding carboxylic acids is 1. The minimum Gasteiger partial charge on any atom is -0.348 e. The minimum absolute atomic E-state index is 0.0667. The largest absolute Gasteiger partial charge is 0.428 e. The van der Waals surface area contributed by atoms with Crippen LogP contribution in [0.3, 0.4) is 0 Å². The first kappa shape index (κ1) is 23.3. The van der Waals surface area contributed by atoms with Crippen LogP contribution < -0.4 is 10.8 Å². The third-order valence-electron chi connectivity index (χ3n) is 5.61. The number of alkyl halides is 3. The van der Waals surface area contributed by atoms with Gasteiger partial charge < -0.3 is 5.32 Å². The molecule has 2 N–H and O–H groups in total. The van der Waals surface area contributed by atoms with Crippen molar-refractivity contribution in [2.45, 2.75) is 31.7 Å². The van der Waals surface area contributed by atoms with Crippen LogP contribution in [0.15, 0.2) is 42.0 Å². The molecule has 2 aromatic carbocycles. The number of carbonyl (C=O) groups is 1. The van der Waals surface area contributed by atoms with Crippen LogP contribution in [0.1, 0.15) is 34.0 Å². The average molecular weight is 503 g/mol. The molecule has 1 amide bonds. The van der Waals surface area contributed by atoms with E-state index in [0.29, 0.717) is 16.7 Å². The van der Waals surface area contributed by atoms with Gasteiger partial charge in [-0.05, 0) is 49.7 Å². The topological polar surface area (TPSA) is 50.4 Å². The molecule has 2 heterocycles. The lowest BCUT2D eigenvalue weighted by molar-refractivity contribution is -0.273. The van der Waals surface area contributed by atoms with E-state index in [9.17, 15) is 18.0 Å². The highest BCUT2D eigenvalue weighted by atomic mass is 35.5. The lowest BCUT2D eigenvalue weighted by Gasteiger charge is -2.31. The molecule has 2 aliphatic heterocycles. The van der Waals surface area contributed by atoms with Crippen LogP contribution in [0, 0.1) is 6.92 Å². The maximum Gasteiger partial charge on any atom is 0.428 e. The van der Waals surface area contributed by atoms with Crippen molar-refractivity contribution in [1.29, 1.82) is 0 Å². The number of nitrogens with one attached hydrogen (secondary N) is 2. The molecule has 10 heteroatoms. The highest BCUT2D eigenvalue weighted by Gasteiger charge is 2.63. The van der Waals surface area contributed by atoms with Crippen molar-refractivity contribution in [2.24, 2.45) is 0 Å². The van der Waals surface area contributed by atoms with Crippen LogP contribution in [0.4, 0.5) is 13.2 Å². The highest BCUT2D eigenvalue weighted by molar-refractivity contribution is 8.00. The number of aryl methyl sites for hydroxylation is 1. The van der Waals surface area contributed by atoms with Crippen LogP contribution >= 0.6 is 35.0 Å². The maximum atomic E-state index is 14.4. The van der Waals surface area contributed by atoms with Crippen LogP contribution in [-0.2, 0) is 10.4 Å². The van der Waals surface area contributed by atoms with Gasteiger partial charge in [0, 0.05) is 49.9 Å². The molecule has 1 saturated heterocycles. The fourth-order valence-corrected chi connectivity index (χ4v) is 5.02. The number of amides is 1. The van der Waals surface area contributed by atoms with Crippen molar-refractivity contribution >= 4 is 46.6 Å². The summed E-state index contributed by atoms with van der Waals surface area (Å²) in [6, 6.07) is 8.75. The third kappa shape index (κ3) is 3.98. The molecule has 1 atom stereocenters. The zero-order chi connectivity index (χ0) is 23.3. The Labute approximate surface area is 197 Å². The highest BCUT2D eigenvalue weighted by Crippen LogP contribution is 2.52. The first-order valence-corrected chi connectivity index (χ1v) is 11.6. The van der Waals surface area contributed by atoms with Gasteiger partial charge in [0.2, 0.25) is 5.60 Å². The van der Waals surface area contributed by atoms with Crippen LogP contribution in [0.25, 0.3) is 5.70 Å². The normalized spacial score (nSPS) is 21.3. The van der Waals surface area contributed by atoms with E-state index >= 15 is 0 Å². The summed E-state index contributed by atoms with van der Waals surface area (Å²) in [5.41, 5.74) is 1.13. The lowest BCUT2D eigenvalue weighted by Crippen LogP contribution is -2.44. The van der Waals surface area contributed by atoms with E-state index in [1.165, 1.54) is 25.1 Å². The molecular formula is C22H19Cl2F3N2O2S. The predicted molar refractivity (Wildman–Crippen MR) is 121 cm³/mol. The van der Waals surface area contributed by atoms with Crippen molar-refractivity contribution in [3.8, 4) is 0 Å². The molecule has 0 radical (unpaired) electrons. The number of hydrogen-bond acceptors (Lipinski definition) is 4. The molecule has 4 nitrogen and oxygen atoms in total. The Morgan fingerprint density at radius 3 is 2.34 bits per heavy atom. The van der Waals surface area contributed by atoms with Crippen molar-refractivity contribution in [1.82, 2.24) is 10.8 Å². The van der Waals surface area contributed by atoms with Crippen molar-refractivity contribution in [3.63, 3.8) is 0 Å². The van der Waals surface area contributed by atoms with Crippen LogP contribution in [0.2, 0.25) is 10.0 Å². The van der Waals surface area contributed by atoms with Crippen LogP contribution in [0.5, 0.6) is 0 Å². The van der Waals surface area contributed by atoms with E-state index in [0.717, 1.165) is 11.5 Å². The second kappa shape index (κ2) is 8.48. The van der Waals surface area contributed by atoms with Gasteiger partial charge in [-0.2, -0.15) is 24.9 Å². The summed E-state index contributed by atoms with van der Waals surface area (Å²) in [4.78, 5) is 17.7. The molecule has 1 fully saturated rings. The summed E-state index contributed by atoms with van der Waals surface area (Å²) in [6.07, 6.45) is -4.80. The van der Waals surface area contributed by atoms with Gasteiger partial charge in [0.25, 0.3) is 5.91 Å². The molecule has 32 heavy (non-hydrogen) atoms. The fraction of sp³-hybridized carbons (Fsp3) is 0.318. The van der Waals surface area contributed by atoms with E-state index in [1.54, 1.807) is 36.9 Å².